The SMILES string of the molecule is O=c1c2sccc2nc(C2=CC=C(c3cccc(O)c3)CC2)n1CCN1CCCCC1. The molecule has 0 unspecified atom stereocenters. The van der Waals surface area contributed by atoms with Gasteiger partial charge in [-0.05, 0) is 79.1 Å². The molecule has 3 aromatic rings. The summed E-state index contributed by atoms with van der Waals surface area (Å²) in [7, 11) is 0. The van der Waals surface area contributed by atoms with Crippen LogP contribution in [0.2, 0.25) is 0 Å². The normalized spacial score (nSPS) is 17.5. The summed E-state index contributed by atoms with van der Waals surface area (Å²) in [6.07, 6.45) is 9.69. The van der Waals surface area contributed by atoms with Crippen LogP contribution in [0.5, 0.6) is 5.75 Å². The summed E-state index contributed by atoms with van der Waals surface area (Å²) < 4.78 is 2.64. The smallest absolute Gasteiger partial charge is 0.271 e. The van der Waals surface area contributed by atoms with Crippen LogP contribution in [0.3, 0.4) is 0 Å². The number of thiophene rings is 1. The first kappa shape index (κ1) is 20.2. The minimum Gasteiger partial charge on any atom is -0.508 e. The molecule has 3 heterocycles. The van der Waals surface area contributed by atoms with Crippen LogP contribution in [-0.4, -0.2) is 39.2 Å². The van der Waals surface area contributed by atoms with Gasteiger partial charge < -0.3 is 10.0 Å². The summed E-state index contributed by atoms with van der Waals surface area (Å²) in [5.41, 5.74) is 4.21. The third kappa shape index (κ3) is 4.23. The number of rotatable bonds is 5. The summed E-state index contributed by atoms with van der Waals surface area (Å²) in [6, 6.07) is 9.32. The summed E-state index contributed by atoms with van der Waals surface area (Å²) in [4.78, 5) is 20.7. The highest BCUT2D eigenvalue weighted by molar-refractivity contribution is 7.17. The maximum atomic E-state index is 13.3. The third-order valence-electron chi connectivity index (χ3n) is 6.31. The zero-order valence-corrected chi connectivity index (χ0v) is 18.4. The lowest BCUT2D eigenvalue weighted by Gasteiger charge is -2.27. The van der Waals surface area contributed by atoms with E-state index >= 15 is 0 Å². The molecule has 0 bridgehead atoms. The average molecular weight is 434 g/mol. The Morgan fingerprint density at radius 1 is 1.00 bits per heavy atom. The third-order valence-corrected chi connectivity index (χ3v) is 7.20. The first-order valence-electron chi connectivity index (χ1n) is 11.1. The van der Waals surface area contributed by atoms with Gasteiger partial charge in [-0.3, -0.25) is 9.36 Å². The highest BCUT2D eigenvalue weighted by Gasteiger charge is 2.19. The molecular formula is C25H27N3O2S. The molecule has 1 N–H and O–H groups in total. The van der Waals surface area contributed by atoms with E-state index in [1.54, 1.807) is 12.1 Å². The van der Waals surface area contributed by atoms with Gasteiger partial charge in [0.2, 0.25) is 0 Å². The molecule has 31 heavy (non-hydrogen) atoms. The lowest BCUT2D eigenvalue weighted by molar-refractivity contribution is 0.219. The summed E-state index contributed by atoms with van der Waals surface area (Å²) in [6.45, 7) is 3.81. The van der Waals surface area contributed by atoms with E-state index in [0.717, 1.165) is 59.7 Å². The van der Waals surface area contributed by atoms with Crippen molar-refractivity contribution in [2.75, 3.05) is 19.6 Å². The second-order valence-corrected chi connectivity index (χ2v) is 9.28. The molecule has 0 saturated carbocycles. The number of aromatic nitrogens is 2. The van der Waals surface area contributed by atoms with E-state index in [1.165, 1.54) is 36.2 Å². The lowest BCUT2D eigenvalue weighted by atomic mass is 9.92. The van der Waals surface area contributed by atoms with E-state index in [1.807, 2.05) is 28.1 Å². The zero-order valence-electron chi connectivity index (χ0n) is 17.6. The van der Waals surface area contributed by atoms with Crippen molar-refractivity contribution in [3.05, 3.63) is 69.6 Å². The fourth-order valence-electron chi connectivity index (χ4n) is 4.59. The molecule has 5 nitrogen and oxygen atoms in total. The molecule has 5 rings (SSSR count). The van der Waals surface area contributed by atoms with Gasteiger partial charge in [0.05, 0.1) is 5.52 Å². The highest BCUT2D eigenvalue weighted by Crippen LogP contribution is 2.32. The molecule has 0 amide bonds. The quantitative estimate of drug-likeness (QED) is 0.621. The number of phenolic OH excluding ortho intramolecular Hbond substituents is 1. The Labute approximate surface area is 186 Å². The van der Waals surface area contributed by atoms with Gasteiger partial charge in [-0.15, -0.1) is 11.3 Å². The predicted molar refractivity (Wildman–Crippen MR) is 127 cm³/mol. The standard InChI is InChI=1S/C25H27N3O2S/c29-21-6-4-5-20(17-21)18-7-9-19(10-8-18)24-26-22-11-16-31-23(22)25(30)28(24)15-14-27-12-2-1-3-13-27/h4-7,9,11,16-17,29H,1-3,8,10,12-15H2. The Bertz CT molecular complexity index is 1210. The molecule has 2 aromatic heterocycles. The molecule has 2 aliphatic rings. The molecule has 1 aromatic carbocycles. The molecule has 0 atom stereocenters. The molecule has 1 saturated heterocycles. The van der Waals surface area contributed by atoms with Crippen LogP contribution in [0.4, 0.5) is 0 Å². The van der Waals surface area contributed by atoms with Crippen molar-refractivity contribution >= 4 is 32.7 Å². The first-order valence-corrected chi connectivity index (χ1v) is 12.0. The fourth-order valence-corrected chi connectivity index (χ4v) is 5.37. The second kappa shape index (κ2) is 8.81. The minimum atomic E-state index is 0.0793. The number of likely N-dealkylation sites (tertiary alicyclic amines) is 1. The number of hydrogen-bond donors (Lipinski definition) is 1. The van der Waals surface area contributed by atoms with Crippen molar-refractivity contribution in [3.63, 3.8) is 0 Å². The molecule has 6 heteroatoms. The van der Waals surface area contributed by atoms with Crippen LogP contribution in [0.25, 0.3) is 21.4 Å². The Kier molecular flexibility index (Phi) is 5.74. The van der Waals surface area contributed by atoms with Crippen molar-refractivity contribution < 1.29 is 5.11 Å². The van der Waals surface area contributed by atoms with Gasteiger partial charge in [-0.2, -0.15) is 0 Å². The highest BCUT2D eigenvalue weighted by atomic mass is 32.1. The van der Waals surface area contributed by atoms with Gasteiger partial charge in [-0.1, -0.05) is 30.7 Å². The summed E-state index contributed by atoms with van der Waals surface area (Å²) in [5, 5.41) is 11.7. The van der Waals surface area contributed by atoms with Crippen LogP contribution in [-0.2, 0) is 6.54 Å². The predicted octanol–water partition coefficient (Wildman–Crippen LogP) is 4.91. The topological polar surface area (TPSA) is 58.4 Å². The number of nitrogens with zero attached hydrogens (tertiary/aromatic N) is 3. The molecule has 1 aliphatic carbocycles. The van der Waals surface area contributed by atoms with Gasteiger partial charge >= 0.3 is 0 Å². The molecule has 160 valence electrons. The number of aromatic hydroxyl groups is 1. The van der Waals surface area contributed by atoms with E-state index in [2.05, 4.69) is 17.1 Å². The van der Waals surface area contributed by atoms with Crippen LogP contribution >= 0.6 is 11.3 Å². The Hall–Kier alpha value is -2.70. The number of fused-ring (bicyclic) bond motifs is 1. The number of hydrogen-bond acceptors (Lipinski definition) is 5. The Morgan fingerprint density at radius 2 is 1.81 bits per heavy atom. The zero-order chi connectivity index (χ0) is 21.2. The van der Waals surface area contributed by atoms with Crippen molar-refractivity contribution in [3.8, 4) is 5.75 Å². The van der Waals surface area contributed by atoms with Crippen molar-refractivity contribution in [1.82, 2.24) is 14.5 Å². The van der Waals surface area contributed by atoms with Crippen molar-refractivity contribution in [1.29, 1.82) is 0 Å². The van der Waals surface area contributed by atoms with Crippen molar-refractivity contribution in [2.45, 2.75) is 38.6 Å². The van der Waals surface area contributed by atoms with Gasteiger partial charge in [-0.25, -0.2) is 4.98 Å². The van der Waals surface area contributed by atoms with E-state index in [4.69, 9.17) is 4.98 Å². The van der Waals surface area contributed by atoms with Crippen molar-refractivity contribution in [2.24, 2.45) is 0 Å². The van der Waals surface area contributed by atoms with Gasteiger partial charge in [0, 0.05) is 13.1 Å². The molecular weight excluding hydrogens is 406 g/mol. The van der Waals surface area contributed by atoms with Crippen LogP contribution in [0.15, 0.2) is 52.7 Å². The maximum Gasteiger partial charge on any atom is 0.271 e. The van der Waals surface area contributed by atoms with Gasteiger partial charge in [0.25, 0.3) is 5.56 Å². The average Bonchev–Trinajstić information content (AvgIpc) is 3.28. The van der Waals surface area contributed by atoms with E-state index in [9.17, 15) is 9.90 Å². The Morgan fingerprint density at radius 3 is 2.58 bits per heavy atom. The fraction of sp³-hybridized carbons (Fsp3) is 0.360. The summed E-state index contributed by atoms with van der Waals surface area (Å²) >= 11 is 1.48. The van der Waals surface area contributed by atoms with E-state index < -0.39 is 0 Å². The first-order chi connectivity index (χ1) is 15.2. The minimum absolute atomic E-state index is 0.0793. The lowest BCUT2D eigenvalue weighted by Crippen LogP contribution is -2.35. The second-order valence-electron chi connectivity index (χ2n) is 8.36. The number of piperidine rings is 1. The molecule has 0 spiro atoms. The molecule has 1 fully saturated rings. The largest absolute Gasteiger partial charge is 0.508 e. The molecule has 0 radical (unpaired) electrons. The number of benzene rings is 1. The summed E-state index contributed by atoms with van der Waals surface area (Å²) in [5.74, 6) is 1.09. The van der Waals surface area contributed by atoms with Crippen LogP contribution in [0, 0.1) is 0 Å². The monoisotopic (exact) mass is 433 g/mol. The van der Waals surface area contributed by atoms with Crippen LogP contribution in [0.1, 0.15) is 43.5 Å². The number of allylic oxidation sites excluding steroid dienone is 4. The number of phenols is 1. The van der Waals surface area contributed by atoms with Crippen LogP contribution < -0.4 is 5.56 Å². The van der Waals surface area contributed by atoms with Gasteiger partial charge in [0.1, 0.15) is 16.3 Å². The maximum absolute atomic E-state index is 13.3. The van der Waals surface area contributed by atoms with Gasteiger partial charge in [0.15, 0.2) is 0 Å². The Balaban J connectivity index is 1.49. The molecule has 1 aliphatic heterocycles. The van der Waals surface area contributed by atoms with E-state index in [0.29, 0.717) is 6.54 Å². The van der Waals surface area contributed by atoms with E-state index in [-0.39, 0.29) is 11.3 Å².